The van der Waals surface area contributed by atoms with Gasteiger partial charge in [-0.15, -0.1) is 11.3 Å². The lowest BCUT2D eigenvalue weighted by Crippen LogP contribution is -2.11. The third-order valence-corrected chi connectivity index (χ3v) is 5.97. The zero-order valence-electron chi connectivity index (χ0n) is 10.9. The Labute approximate surface area is 120 Å². The van der Waals surface area contributed by atoms with E-state index >= 15 is 0 Å². The zero-order chi connectivity index (χ0) is 14.3. The maximum Gasteiger partial charge on any atom is 0.273 e. The van der Waals surface area contributed by atoms with Crippen LogP contribution < -0.4 is 4.72 Å². The quantitative estimate of drug-likeness (QED) is 0.805. The number of aryl methyl sites for hydroxylation is 1. The molecule has 0 radical (unpaired) electrons. The first-order valence-electron chi connectivity index (χ1n) is 5.91. The second-order valence-corrected chi connectivity index (χ2v) is 7.42. The third-order valence-electron chi connectivity index (χ3n) is 3.05. The minimum atomic E-state index is -3.65. The molecule has 0 aliphatic carbocycles. The van der Waals surface area contributed by atoms with Crippen molar-refractivity contribution in [3.63, 3.8) is 0 Å². The molecule has 0 bridgehead atoms. The van der Waals surface area contributed by atoms with E-state index in [1.54, 1.807) is 19.9 Å². The van der Waals surface area contributed by atoms with Crippen molar-refractivity contribution in [1.82, 2.24) is 5.16 Å². The molecule has 0 atom stereocenters. The summed E-state index contributed by atoms with van der Waals surface area (Å²) in [5.41, 5.74) is 1.36. The van der Waals surface area contributed by atoms with Crippen LogP contribution in [0.1, 0.15) is 11.3 Å². The Bertz CT molecular complexity index is 845. The summed E-state index contributed by atoms with van der Waals surface area (Å²) in [5, 5.41) is 4.64. The lowest BCUT2D eigenvalue weighted by molar-refractivity contribution is 0.430. The van der Waals surface area contributed by atoms with Crippen molar-refractivity contribution in [2.24, 2.45) is 0 Å². The Morgan fingerprint density at radius 1 is 1.25 bits per heavy atom. The maximum absolute atomic E-state index is 12.3. The molecule has 0 unspecified atom stereocenters. The van der Waals surface area contributed by atoms with E-state index in [9.17, 15) is 8.42 Å². The predicted molar refractivity (Wildman–Crippen MR) is 78.6 cm³/mol. The van der Waals surface area contributed by atoms with Gasteiger partial charge in [0.15, 0.2) is 0 Å². The van der Waals surface area contributed by atoms with E-state index in [4.69, 9.17) is 4.52 Å². The Hall–Kier alpha value is -1.86. The van der Waals surface area contributed by atoms with E-state index < -0.39 is 10.0 Å². The normalized spacial score (nSPS) is 11.9. The second-order valence-electron chi connectivity index (χ2n) is 4.43. The molecule has 104 valence electrons. The summed E-state index contributed by atoms with van der Waals surface area (Å²) in [6.45, 7) is 3.52. The van der Waals surface area contributed by atoms with Gasteiger partial charge in [0.2, 0.25) is 5.88 Å². The molecule has 0 aliphatic heterocycles. The van der Waals surface area contributed by atoms with Crippen LogP contribution in [-0.2, 0) is 10.0 Å². The molecule has 20 heavy (non-hydrogen) atoms. The van der Waals surface area contributed by atoms with Crippen molar-refractivity contribution in [3.05, 3.63) is 41.6 Å². The number of hydrogen-bond acceptors (Lipinski definition) is 5. The van der Waals surface area contributed by atoms with Crippen LogP contribution in [0.4, 0.5) is 5.88 Å². The van der Waals surface area contributed by atoms with E-state index in [2.05, 4.69) is 9.88 Å². The number of thiophene rings is 1. The monoisotopic (exact) mass is 308 g/mol. The van der Waals surface area contributed by atoms with E-state index in [-0.39, 0.29) is 10.1 Å². The molecule has 0 amide bonds. The highest BCUT2D eigenvalue weighted by atomic mass is 32.2. The fourth-order valence-electron chi connectivity index (χ4n) is 1.77. The number of nitrogens with one attached hydrogen (secondary N) is 1. The number of aromatic nitrogens is 1. The molecule has 0 saturated heterocycles. The van der Waals surface area contributed by atoms with Crippen LogP contribution in [0.15, 0.2) is 39.1 Å². The molecule has 0 spiro atoms. The molecule has 2 aromatic heterocycles. The SMILES string of the molecule is Cc1noc(NS(=O)(=O)c2cc3ccccc3s2)c1C. The van der Waals surface area contributed by atoms with Crippen LogP contribution in [0, 0.1) is 13.8 Å². The number of anilines is 1. The van der Waals surface area contributed by atoms with Crippen molar-refractivity contribution in [3.8, 4) is 0 Å². The van der Waals surface area contributed by atoms with E-state index in [1.807, 2.05) is 24.3 Å². The lowest BCUT2D eigenvalue weighted by Gasteiger charge is -2.02. The Morgan fingerprint density at radius 2 is 2.00 bits per heavy atom. The van der Waals surface area contributed by atoms with Crippen molar-refractivity contribution >= 4 is 37.3 Å². The van der Waals surface area contributed by atoms with Crippen LogP contribution in [0.5, 0.6) is 0 Å². The molecule has 1 N–H and O–H groups in total. The average Bonchev–Trinajstić information content (AvgIpc) is 2.98. The predicted octanol–water partition coefficient (Wildman–Crippen LogP) is 3.31. The van der Waals surface area contributed by atoms with Crippen LogP contribution in [0.25, 0.3) is 10.1 Å². The van der Waals surface area contributed by atoms with Gasteiger partial charge in [0, 0.05) is 10.3 Å². The van der Waals surface area contributed by atoms with Gasteiger partial charge < -0.3 is 4.52 Å². The van der Waals surface area contributed by atoms with Gasteiger partial charge in [-0.2, -0.15) is 0 Å². The smallest absolute Gasteiger partial charge is 0.273 e. The van der Waals surface area contributed by atoms with Crippen LogP contribution in [-0.4, -0.2) is 13.6 Å². The Balaban J connectivity index is 2.01. The van der Waals surface area contributed by atoms with Crippen molar-refractivity contribution in [1.29, 1.82) is 0 Å². The summed E-state index contributed by atoms with van der Waals surface area (Å²) < 4.78 is 33.3. The van der Waals surface area contributed by atoms with Crippen LogP contribution in [0.2, 0.25) is 0 Å². The molecule has 7 heteroatoms. The van der Waals surface area contributed by atoms with Gasteiger partial charge >= 0.3 is 0 Å². The molecular weight excluding hydrogens is 296 g/mol. The number of rotatable bonds is 3. The maximum atomic E-state index is 12.3. The first-order valence-corrected chi connectivity index (χ1v) is 8.21. The number of nitrogens with zero attached hydrogens (tertiary/aromatic N) is 1. The summed E-state index contributed by atoms with van der Waals surface area (Å²) in [5.74, 6) is 0.167. The first-order chi connectivity index (χ1) is 9.47. The van der Waals surface area contributed by atoms with E-state index in [0.29, 0.717) is 11.3 Å². The van der Waals surface area contributed by atoms with E-state index in [1.165, 1.54) is 11.3 Å². The lowest BCUT2D eigenvalue weighted by atomic mass is 10.3. The molecule has 1 aromatic carbocycles. The minimum Gasteiger partial charge on any atom is -0.337 e. The first kappa shape index (κ1) is 13.1. The second kappa shape index (κ2) is 4.60. The molecule has 0 fully saturated rings. The summed E-state index contributed by atoms with van der Waals surface area (Å²) in [7, 11) is -3.65. The third kappa shape index (κ3) is 2.19. The fourth-order valence-corrected chi connectivity index (χ4v) is 4.22. The van der Waals surface area contributed by atoms with Gasteiger partial charge in [-0.25, -0.2) is 13.1 Å². The molecule has 0 aliphatic rings. The van der Waals surface area contributed by atoms with Gasteiger partial charge in [0.25, 0.3) is 10.0 Å². The standard InChI is InChI=1S/C13H12N2O3S2/c1-8-9(2)14-18-13(8)15-20(16,17)12-7-10-5-3-4-6-11(10)19-12/h3-7,15H,1-2H3. The highest BCUT2D eigenvalue weighted by molar-refractivity contribution is 7.94. The zero-order valence-corrected chi connectivity index (χ0v) is 12.5. The highest BCUT2D eigenvalue weighted by Crippen LogP contribution is 2.30. The highest BCUT2D eigenvalue weighted by Gasteiger charge is 2.21. The molecule has 3 aromatic rings. The minimum absolute atomic E-state index is 0.167. The molecule has 2 heterocycles. The summed E-state index contributed by atoms with van der Waals surface area (Å²) >= 11 is 1.22. The van der Waals surface area contributed by atoms with Gasteiger partial charge in [-0.05, 0) is 31.4 Å². The van der Waals surface area contributed by atoms with Crippen LogP contribution in [0.3, 0.4) is 0 Å². The summed E-state index contributed by atoms with van der Waals surface area (Å²) in [6, 6.07) is 9.19. The number of benzene rings is 1. The largest absolute Gasteiger partial charge is 0.337 e. The van der Waals surface area contributed by atoms with E-state index in [0.717, 1.165) is 10.1 Å². The molecular formula is C13H12N2O3S2. The Morgan fingerprint density at radius 3 is 2.65 bits per heavy atom. The van der Waals surface area contributed by atoms with Gasteiger partial charge in [-0.1, -0.05) is 23.4 Å². The van der Waals surface area contributed by atoms with Crippen molar-refractivity contribution in [2.45, 2.75) is 18.1 Å². The van der Waals surface area contributed by atoms with Gasteiger partial charge in [0.05, 0.1) is 5.69 Å². The number of fused-ring (bicyclic) bond motifs is 1. The van der Waals surface area contributed by atoms with Crippen molar-refractivity contribution in [2.75, 3.05) is 4.72 Å². The number of hydrogen-bond donors (Lipinski definition) is 1. The number of sulfonamides is 1. The van der Waals surface area contributed by atoms with Gasteiger partial charge in [0.1, 0.15) is 4.21 Å². The fraction of sp³-hybridized carbons (Fsp3) is 0.154. The Kier molecular flexibility index (Phi) is 3.02. The van der Waals surface area contributed by atoms with Gasteiger partial charge in [-0.3, -0.25) is 0 Å². The molecule has 0 saturated carbocycles. The molecule has 5 nitrogen and oxygen atoms in total. The summed E-state index contributed by atoms with van der Waals surface area (Å²) in [4.78, 5) is 0. The van der Waals surface area contributed by atoms with Crippen LogP contribution >= 0.6 is 11.3 Å². The topological polar surface area (TPSA) is 72.2 Å². The molecule has 3 rings (SSSR count). The van der Waals surface area contributed by atoms with Crippen molar-refractivity contribution < 1.29 is 12.9 Å². The summed E-state index contributed by atoms with van der Waals surface area (Å²) in [6.07, 6.45) is 0. The average molecular weight is 308 g/mol.